The summed E-state index contributed by atoms with van der Waals surface area (Å²) in [6.45, 7) is 4.08. The maximum atomic E-state index is 13.5. The number of ether oxygens (including phenoxy) is 1. The molecule has 3 heteroatoms. The van der Waals surface area contributed by atoms with Gasteiger partial charge in [-0.2, -0.15) is 0 Å². The minimum atomic E-state index is -0.279. The fourth-order valence-electron chi connectivity index (χ4n) is 1.36. The van der Waals surface area contributed by atoms with Crippen LogP contribution in [-0.2, 0) is 5.33 Å². The van der Waals surface area contributed by atoms with Gasteiger partial charge in [-0.25, -0.2) is 4.39 Å². The molecule has 0 spiro atoms. The zero-order valence-corrected chi connectivity index (χ0v) is 10.7. The number of benzene rings is 1. The van der Waals surface area contributed by atoms with Gasteiger partial charge in [0.1, 0.15) is 0 Å². The van der Waals surface area contributed by atoms with Crippen LogP contribution in [0.5, 0.6) is 5.75 Å². The van der Waals surface area contributed by atoms with Crippen molar-refractivity contribution in [3.05, 3.63) is 29.6 Å². The first-order valence-electron chi connectivity index (χ1n) is 5.22. The van der Waals surface area contributed by atoms with Crippen LogP contribution >= 0.6 is 15.9 Å². The van der Waals surface area contributed by atoms with Crippen molar-refractivity contribution in [2.45, 2.75) is 38.1 Å². The standard InChI is InChI=1S/C12H16BrFO/c1-3-10(4-2)15-12-6-5-9(8-13)7-11(12)14/h5-7,10H,3-4,8H2,1-2H3. The van der Waals surface area contributed by atoms with Crippen LogP contribution in [0.2, 0.25) is 0 Å². The van der Waals surface area contributed by atoms with E-state index in [1.165, 1.54) is 6.07 Å². The molecule has 15 heavy (non-hydrogen) atoms. The highest BCUT2D eigenvalue weighted by molar-refractivity contribution is 9.08. The summed E-state index contributed by atoms with van der Waals surface area (Å²) >= 11 is 3.29. The van der Waals surface area contributed by atoms with Gasteiger partial charge in [0.25, 0.3) is 0 Å². The fourth-order valence-corrected chi connectivity index (χ4v) is 1.71. The van der Waals surface area contributed by atoms with Crippen LogP contribution in [0.25, 0.3) is 0 Å². The largest absolute Gasteiger partial charge is 0.487 e. The number of rotatable bonds is 5. The Labute approximate surface area is 98.8 Å². The molecule has 0 fully saturated rings. The van der Waals surface area contributed by atoms with E-state index in [2.05, 4.69) is 15.9 Å². The lowest BCUT2D eigenvalue weighted by molar-refractivity contribution is 0.184. The molecule has 1 aromatic rings. The highest BCUT2D eigenvalue weighted by Gasteiger charge is 2.09. The van der Waals surface area contributed by atoms with Gasteiger partial charge in [-0.05, 0) is 30.5 Å². The summed E-state index contributed by atoms with van der Waals surface area (Å²) < 4.78 is 19.1. The highest BCUT2D eigenvalue weighted by Crippen LogP contribution is 2.22. The first-order valence-corrected chi connectivity index (χ1v) is 6.34. The van der Waals surface area contributed by atoms with E-state index in [0.717, 1.165) is 18.4 Å². The Morgan fingerprint density at radius 2 is 2.00 bits per heavy atom. The summed E-state index contributed by atoms with van der Waals surface area (Å²) in [5, 5.41) is 0.662. The second-order valence-corrected chi connectivity index (χ2v) is 4.02. The minimum Gasteiger partial charge on any atom is -0.487 e. The molecule has 0 bridgehead atoms. The molecule has 0 saturated heterocycles. The topological polar surface area (TPSA) is 9.23 Å². The van der Waals surface area contributed by atoms with Crippen molar-refractivity contribution in [1.29, 1.82) is 0 Å². The lowest BCUT2D eigenvalue weighted by atomic mass is 10.2. The van der Waals surface area contributed by atoms with Crippen molar-refractivity contribution < 1.29 is 9.13 Å². The molecule has 0 aliphatic rings. The lowest BCUT2D eigenvalue weighted by Gasteiger charge is -2.16. The van der Waals surface area contributed by atoms with E-state index in [9.17, 15) is 4.39 Å². The zero-order chi connectivity index (χ0) is 11.3. The van der Waals surface area contributed by atoms with Crippen LogP contribution in [0.3, 0.4) is 0 Å². The molecule has 1 rings (SSSR count). The van der Waals surface area contributed by atoms with Crippen LogP contribution in [-0.4, -0.2) is 6.10 Å². The molecule has 84 valence electrons. The Balaban J connectivity index is 2.77. The van der Waals surface area contributed by atoms with E-state index >= 15 is 0 Å². The van der Waals surface area contributed by atoms with Crippen molar-refractivity contribution in [2.24, 2.45) is 0 Å². The molecule has 0 aliphatic heterocycles. The number of hydrogen-bond donors (Lipinski definition) is 0. The van der Waals surface area contributed by atoms with Crippen molar-refractivity contribution >= 4 is 15.9 Å². The van der Waals surface area contributed by atoms with Crippen molar-refractivity contribution in [2.75, 3.05) is 0 Å². The fraction of sp³-hybridized carbons (Fsp3) is 0.500. The third kappa shape index (κ3) is 3.49. The van der Waals surface area contributed by atoms with Gasteiger partial charge >= 0.3 is 0 Å². The monoisotopic (exact) mass is 274 g/mol. The summed E-state index contributed by atoms with van der Waals surface area (Å²) in [6, 6.07) is 5.08. The maximum Gasteiger partial charge on any atom is 0.165 e. The van der Waals surface area contributed by atoms with Crippen LogP contribution in [0.4, 0.5) is 4.39 Å². The smallest absolute Gasteiger partial charge is 0.165 e. The summed E-state index contributed by atoms with van der Waals surface area (Å²) in [4.78, 5) is 0. The SMILES string of the molecule is CCC(CC)Oc1ccc(CBr)cc1F. The molecule has 0 atom stereocenters. The van der Waals surface area contributed by atoms with Gasteiger partial charge in [0, 0.05) is 5.33 Å². The van der Waals surface area contributed by atoms with Gasteiger partial charge in [0.05, 0.1) is 6.10 Å². The van der Waals surface area contributed by atoms with Gasteiger partial charge in [0.2, 0.25) is 0 Å². The third-order valence-corrected chi connectivity index (χ3v) is 3.00. The first kappa shape index (κ1) is 12.5. The van der Waals surface area contributed by atoms with Gasteiger partial charge in [-0.1, -0.05) is 35.8 Å². The predicted octanol–water partition coefficient (Wildman–Crippen LogP) is 4.29. The second-order valence-electron chi connectivity index (χ2n) is 3.45. The van der Waals surface area contributed by atoms with Crippen LogP contribution in [0, 0.1) is 5.82 Å². The van der Waals surface area contributed by atoms with E-state index < -0.39 is 0 Å². The van der Waals surface area contributed by atoms with Crippen LogP contribution in [0.1, 0.15) is 32.3 Å². The van der Waals surface area contributed by atoms with Gasteiger partial charge in [-0.15, -0.1) is 0 Å². The summed E-state index contributed by atoms with van der Waals surface area (Å²) in [5.41, 5.74) is 0.921. The lowest BCUT2D eigenvalue weighted by Crippen LogP contribution is -2.14. The second kappa shape index (κ2) is 6.11. The van der Waals surface area contributed by atoms with Crippen molar-refractivity contribution in [3.8, 4) is 5.75 Å². The molecule has 0 aliphatic carbocycles. The van der Waals surface area contributed by atoms with Crippen LogP contribution in [0.15, 0.2) is 18.2 Å². The molecule has 0 N–H and O–H groups in total. The molecule has 1 nitrogen and oxygen atoms in total. The molecular formula is C12H16BrFO. The van der Waals surface area contributed by atoms with E-state index in [4.69, 9.17) is 4.74 Å². The minimum absolute atomic E-state index is 0.106. The Hall–Kier alpha value is -0.570. The van der Waals surface area contributed by atoms with Crippen molar-refractivity contribution in [1.82, 2.24) is 0 Å². The van der Waals surface area contributed by atoms with Crippen molar-refractivity contribution in [3.63, 3.8) is 0 Å². The van der Waals surface area contributed by atoms with Gasteiger partial charge in [-0.3, -0.25) is 0 Å². The van der Waals surface area contributed by atoms with Crippen LogP contribution < -0.4 is 4.74 Å². The van der Waals surface area contributed by atoms with E-state index in [1.807, 2.05) is 19.9 Å². The molecule has 0 unspecified atom stereocenters. The Morgan fingerprint density at radius 1 is 1.33 bits per heavy atom. The van der Waals surface area contributed by atoms with Gasteiger partial charge < -0.3 is 4.74 Å². The first-order chi connectivity index (χ1) is 7.21. The van der Waals surface area contributed by atoms with E-state index in [0.29, 0.717) is 11.1 Å². The molecule has 0 saturated carbocycles. The Morgan fingerprint density at radius 3 is 2.47 bits per heavy atom. The summed E-state index contributed by atoms with van der Waals surface area (Å²) in [6.07, 6.45) is 1.90. The number of alkyl halides is 1. The predicted molar refractivity (Wildman–Crippen MR) is 64.0 cm³/mol. The van der Waals surface area contributed by atoms with Gasteiger partial charge in [0.15, 0.2) is 11.6 Å². The zero-order valence-electron chi connectivity index (χ0n) is 9.09. The molecule has 0 aromatic heterocycles. The summed E-state index contributed by atoms with van der Waals surface area (Å²) in [5.74, 6) is 0.0762. The van der Waals surface area contributed by atoms with E-state index in [1.54, 1.807) is 6.07 Å². The number of hydrogen-bond acceptors (Lipinski definition) is 1. The normalized spacial score (nSPS) is 10.7. The van der Waals surface area contributed by atoms with E-state index in [-0.39, 0.29) is 11.9 Å². The molecule has 0 amide bonds. The molecule has 0 heterocycles. The Bertz CT molecular complexity index is 310. The highest BCUT2D eigenvalue weighted by atomic mass is 79.9. The quantitative estimate of drug-likeness (QED) is 0.728. The molecule has 1 aromatic carbocycles. The number of halogens is 2. The maximum absolute atomic E-state index is 13.5. The average molecular weight is 275 g/mol. The molecule has 0 radical (unpaired) electrons. The summed E-state index contributed by atoms with van der Waals surface area (Å²) in [7, 11) is 0. The molecular weight excluding hydrogens is 259 g/mol. The Kier molecular flexibility index (Phi) is 5.09. The third-order valence-electron chi connectivity index (χ3n) is 2.35. The average Bonchev–Trinajstić information content (AvgIpc) is 2.27.